The van der Waals surface area contributed by atoms with Crippen LogP contribution >= 0.6 is 0 Å². The smallest absolute Gasteiger partial charge is 0.0104 e. The molecule has 1 aliphatic carbocycles. The van der Waals surface area contributed by atoms with E-state index in [9.17, 15) is 0 Å². The monoisotopic (exact) mass is 510 g/mol. The van der Waals surface area contributed by atoms with Gasteiger partial charge >= 0.3 is 0 Å². The molecule has 0 unspecified atom stereocenters. The van der Waals surface area contributed by atoms with Crippen LogP contribution in [0.25, 0.3) is 0 Å². The normalized spacial score (nSPS) is 18.6. The van der Waals surface area contributed by atoms with E-state index < -0.39 is 0 Å². The van der Waals surface area contributed by atoms with Crippen molar-refractivity contribution in [2.24, 2.45) is 5.41 Å². The Kier molecular flexibility index (Phi) is 15.4. The van der Waals surface area contributed by atoms with E-state index in [4.69, 9.17) is 0 Å². The van der Waals surface area contributed by atoms with Crippen LogP contribution in [0.1, 0.15) is 101 Å². The molecule has 38 heavy (non-hydrogen) atoms. The topological polar surface area (TPSA) is 0 Å². The number of hydrogen-bond donors (Lipinski definition) is 0. The Hall–Kier alpha value is -2.86. The van der Waals surface area contributed by atoms with E-state index in [1.54, 1.807) is 5.57 Å². The first-order valence-corrected chi connectivity index (χ1v) is 14.3. The summed E-state index contributed by atoms with van der Waals surface area (Å²) in [5, 5.41) is 0. The molecule has 0 saturated carbocycles. The van der Waals surface area contributed by atoms with Crippen LogP contribution in [-0.2, 0) is 0 Å². The molecule has 0 saturated heterocycles. The number of allylic oxidation sites excluding steroid dienone is 22. The molecule has 0 aliphatic heterocycles. The van der Waals surface area contributed by atoms with Crippen LogP contribution in [0.3, 0.4) is 0 Å². The van der Waals surface area contributed by atoms with Gasteiger partial charge in [0.1, 0.15) is 0 Å². The molecule has 0 aromatic heterocycles. The Balaban J connectivity index is 2.62. The molecule has 206 valence electrons. The summed E-state index contributed by atoms with van der Waals surface area (Å²) in [6, 6.07) is 0. The van der Waals surface area contributed by atoms with E-state index in [1.165, 1.54) is 58.3 Å². The first kappa shape index (κ1) is 33.2. The molecule has 0 fully saturated rings. The van der Waals surface area contributed by atoms with E-state index in [-0.39, 0.29) is 0 Å². The van der Waals surface area contributed by atoms with E-state index in [0.717, 1.165) is 12.8 Å². The van der Waals surface area contributed by atoms with Crippen molar-refractivity contribution in [2.75, 3.05) is 0 Å². The summed E-state index contributed by atoms with van der Waals surface area (Å²) in [5.74, 6) is 0. The summed E-state index contributed by atoms with van der Waals surface area (Å²) in [6.45, 7) is 22.2. The average Bonchev–Trinajstić information content (AvgIpc) is 2.81. The maximum atomic E-state index is 2.37. The fourth-order valence-electron chi connectivity index (χ4n) is 4.59. The first-order chi connectivity index (χ1) is 17.9. The van der Waals surface area contributed by atoms with Crippen LogP contribution < -0.4 is 0 Å². The van der Waals surface area contributed by atoms with Crippen LogP contribution in [0, 0.1) is 5.41 Å². The van der Waals surface area contributed by atoms with Gasteiger partial charge in [-0.2, -0.15) is 0 Å². The van der Waals surface area contributed by atoms with Gasteiger partial charge in [0.25, 0.3) is 0 Å². The molecule has 0 atom stereocenters. The lowest BCUT2D eigenvalue weighted by molar-refractivity contribution is 0.377. The summed E-state index contributed by atoms with van der Waals surface area (Å²) in [7, 11) is 0. The third-order valence-electron chi connectivity index (χ3n) is 6.89. The third-order valence-corrected chi connectivity index (χ3v) is 6.89. The molecule has 0 bridgehead atoms. The maximum Gasteiger partial charge on any atom is -0.0104 e. The minimum Gasteiger partial charge on any atom is -0.0856 e. The van der Waals surface area contributed by atoms with Crippen molar-refractivity contribution in [1.82, 2.24) is 0 Å². The van der Waals surface area contributed by atoms with Gasteiger partial charge in [0.05, 0.1) is 0 Å². The van der Waals surface area contributed by atoms with Crippen molar-refractivity contribution >= 4 is 0 Å². The van der Waals surface area contributed by atoms with Crippen LogP contribution in [0.4, 0.5) is 0 Å². The lowest BCUT2D eigenvalue weighted by atomic mass is 9.72. The zero-order valence-electron chi connectivity index (χ0n) is 26.1. The predicted molar refractivity (Wildman–Crippen MR) is 174 cm³/mol. The molecule has 0 N–H and O–H groups in total. The van der Waals surface area contributed by atoms with Gasteiger partial charge in [-0.15, -0.1) is 0 Å². The molecule has 0 aromatic carbocycles. The first-order valence-electron chi connectivity index (χ1n) is 14.3. The van der Waals surface area contributed by atoms with Gasteiger partial charge in [-0.25, -0.2) is 0 Å². The molecule has 0 aromatic rings. The van der Waals surface area contributed by atoms with E-state index in [2.05, 4.69) is 154 Å². The standard InChI is InChI=1S/C38H54/c1-30(2)17-13-20-32(4)22-15-24-35(7)29-34(6)19-12-11-18-31(3)21-14-23-33(5)26-27-37-36(8)25-16-28-38(37,9)10/h11-12,14-15,17-19,21-24,26-27,29H,13,16,20,25,28H2,1-10H3/b12-11+,21-14+,24-15+,27-26+,31-18-,32-22-,33-23-,34-19-,35-29-. The molecule has 0 nitrogen and oxygen atoms in total. The predicted octanol–water partition coefficient (Wildman–Crippen LogP) is 12.2. The van der Waals surface area contributed by atoms with E-state index >= 15 is 0 Å². The average molecular weight is 511 g/mol. The van der Waals surface area contributed by atoms with Gasteiger partial charge in [-0.1, -0.05) is 138 Å². The van der Waals surface area contributed by atoms with Crippen LogP contribution in [0.15, 0.2) is 130 Å². The minimum absolute atomic E-state index is 0.292. The second-order valence-electron chi connectivity index (χ2n) is 11.8. The fourth-order valence-corrected chi connectivity index (χ4v) is 4.59. The molecule has 1 aliphatic rings. The molecular weight excluding hydrogens is 456 g/mol. The van der Waals surface area contributed by atoms with Crippen LogP contribution in [-0.4, -0.2) is 0 Å². The number of rotatable bonds is 12. The highest BCUT2D eigenvalue weighted by atomic mass is 14.3. The quantitative estimate of drug-likeness (QED) is 0.181. The maximum absolute atomic E-state index is 2.37. The largest absolute Gasteiger partial charge is 0.0856 e. The van der Waals surface area contributed by atoms with Crippen LogP contribution in [0.2, 0.25) is 0 Å². The highest BCUT2D eigenvalue weighted by Gasteiger charge is 2.26. The minimum atomic E-state index is 0.292. The molecule has 0 spiro atoms. The number of hydrogen-bond acceptors (Lipinski definition) is 0. The van der Waals surface area contributed by atoms with E-state index in [0.29, 0.717) is 5.41 Å². The highest BCUT2D eigenvalue weighted by molar-refractivity contribution is 5.37. The van der Waals surface area contributed by atoms with Crippen molar-refractivity contribution in [3.05, 3.63) is 130 Å². The molecular formula is C38H54. The third kappa shape index (κ3) is 14.8. The second kappa shape index (κ2) is 17.6. The van der Waals surface area contributed by atoms with Gasteiger partial charge in [0.15, 0.2) is 0 Å². The molecule has 0 heterocycles. The summed E-state index contributed by atoms with van der Waals surface area (Å²) in [5.41, 5.74) is 11.2. The highest BCUT2D eigenvalue weighted by Crippen LogP contribution is 2.40. The van der Waals surface area contributed by atoms with Gasteiger partial charge in [0.2, 0.25) is 0 Å². The van der Waals surface area contributed by atoms with Crippen molar-refractivity contribution in [3.63, 3.8) is 0 Å². The summed E-state index contributed by atoms with van der Waals surface area (Å²) < 4.78 is 0. The van der Waals surface area contributed by atoms with Crippen molar-refractivity contribution in [2.45, 2.75) is 101 Å². The van der Waals surface area contributed by atoms with Gasteiger partial charge < -0.3 is 0 Å². The van der Waals surface area contributed by atoms with Crippen molar-refractivity contribution in [3.8, 4) is 0 Å². The molecule has 1 rings (SSSR count). The zero-order valence-corrected chi connectivity index (χ0v) is 26.1. The molecule has 0 radical (unpaired) electrons. The Morgan fingerprint density at radius 2 is 1.29 bits per heavy atom. The second-order valence-corrected chi connectivity index (χ2v) is 11.8. The summed E-state index contributed by atoms with van der Waals surface area (Å²) in [6.07, 6.45) is 36.8. The fraction of sp³-hybridized carbons (Fsp3) is 0.421. The van der Waals surface area contributed by atoms with Crippen molar-refractivity contribution < 1.29 is 0 Å². The summed E-state index contributed by atoms with van der Waals surface area (Å²) in [4.78, 5) is 0. The lowest BCUT2D eigenvalue weighted by Gasteiger charge is -2.32. The van der Waals surface area contributed by atoms with Gasteiger partial charge in [-0.3, -0.25) is 0 Å². The Labute approximate surface area is 236 Å². The van der Waals surface area contributed by atoms with Crippen LogP contribution in [0.5, 0.6) is 0 Å². The Morgan fingerprint density at radius 3 is 1.95 bits per heavy atom. The zero-order chi connectivity index (χ0) is 28.6. The Bertz CT molecular complexity index is 1100. The van der Waals surface area contributed by atoms with E-state index in [1.807, 2.05) is 0 Å². The van der Waals surface area contributed by atoms with Gasteiger partial charge in [-0.05, 0) is 98.5 Å². The van der Waals surface area contributed by atoms with Gasteiger partial charge in [0, 0.05) is 0 Å². The summed E-state index contributed by atoms with van der Waals surface area (Å²) >= 11 is 0. The molecule has 0 heteroatoms. The molecule has 0 amide bonds. The lowest BCUT2D eigenvalue weighted by Crippen LogP contribution is -2.19. The Morgan fingerprint density at radius 1 is 0.711 bits per heavy atom. The SMILES string of the molecule is CC(C)=CCC\C(C)=C/C=C/C(C)=C\C(C)=C/C=C/C=C(C)\C=C\C=C(C)/C=C/C1=C(C)CCCC1(C)C. The van der Waals surface area contributed by atoms with Crippen molar-refractivity contribution in [1.29, 1.82) is 0 Å².